The molecule has 28 heavy (non-hydrogen) atoms. The predicted octanol–water partition coefficient (Wildman–Crippen LogP) is 4.56. The molecule has 1 N–H and O–H groups in total. The molecular formula is C20H12ClFN2O3S. The fourth-order valence-electron chi connectivity index (χ4n) is 3.09. The van der Waals surface area contributed by atoms with Gasteiger partial charge in [0.05, 0.1) is 11.6 Å². The standard InChI is InChI=1S/C20H12ClFN2O3S/c21-13-5-1-12(2-6-13)17(25)15-16(11-3-7-14(22)8-4-11)24(19(27)18(15)26)20-23-9-10-28-20/h1-10,16,25H/t16-/m0/s1. The maximum atomic E-state index is 13.4. The monoisotopic (exact) mass is 414 g/mol. The molecule has 5 nitrogen and oxygen atoms in total. The van der Waals surface area contributed by atoms with Crippen LogP contribution in [0.1, 0.15) is 17.2 Å². The Morgan fingerprint density at radius 2 is 1.79 bits per heavy atom. The van der Waals surface area contributed by atoms with Crippen LogP contribution in [0.5, 0.6) is 0 Å². The molecule has 140 valence electrons. The number of ketones is 1. The van der Waals surface area contributed by atoms with Gasteiger partial charge >= 0.3 is 5.91 Å². The highest BCUT2D eigenvalue weighted by molar-refractivity contribution is 7.14. The summed E-state index contributed by atoms with van der Waals surface area (Å²) in [6, 6.07) is 10.7. The molecule has 1 aliphatic rings. The maximum absolute atomic E-state index is 13.4. The first kappa shape index (κ1) is 18.3. The smallest absolute Gasteiger partial charge is 0.301 e. The van der Waals surface area contributed by atoms with Crippen molar-refractivity contribution in [3.63, 3.8) is 0 Å². The highest BCUT2D eigenvalue weighted by Crippen LogP contribution is 2.42. The molecule has 1 atom stereocenters. The van der Waals surface area contributed by atoms with Crippen LogP contribution in [0, 0.1) is 5.82 Å². The SMILES string of the molecule is O=C1C(=O)N(c2nccs2)[C@@H](c2ccc(F)cc2)C1=C(O)c1ccc(Cl)cc1. The van der Waals surface area contributed by atoms with Crippen LogP contribution in [0.4, 0.5) is 9.52 Å². The van der Waals surface area contributed by atoms with Crippen LogP contribution in [-0.4, -0.2) is 21.8 Å². The van der Waals surface area contributed by atoms with Crippen LogP contribution >= 0.6 is 22.9 Å². The summed E-state index contributed by atoms with van der Waals surface area (Å²) in [6.45, 7) is 0. The second kappa shape index (κ2) is 7.18. The van der Waals surface area contributed by atoms with Gasteiger partial charge in [0.1, 0.15) is 11.6 Å². The summed E-state index contributed by atoms with van der Waals surface area (Å²) in [7, 11) is 0. The number of aliphatic hydroxyl groups is 1. The van der Waals surface area contributed by atoms with Crippen LogP contribution < -0.4 is 4.90 Å². The molecule has 0 radical (unpaired) electrons. The minimum absolute atomic E-state index is 0.0888. The Kier molecular flexibility index (Phi) is 4.70. The zero-order valence-electron chi connectivity index (χ0n) is 14.2. The number of thiazole rings is 1. The third-order valence-corrected chi connectivity index (χ3v) is 5.40. The van der Waals surface area contributed by atoms with Crippen molar-refractivity contribution in [1.29, 1.82) is 0 Å². The van der Waals surface area contributed by atoms with E-state index in [2.05, 4.69) is 4.98 Å². The molecule has 2 heterocycles. The van der Waals surface area contributed by atoms with Gasteiger partial charge in [-0.2, -0.15) is 0 Å². The third kappa shape index (κ3) is 3.08. The number of anilines is 1. The zero-order chi connectivity index (χ0) is 19.8. The highest BCUT2D eigenvalue weighted by Gasteiger charge is 2.47. The van der Waals surface area contributed by atoms with E-state index in [0.29, 0.717) is 21.3 Å². The second-order valence-electron chi connectivity index (χ2n) is 6.04. The van der Waals surface area contributed by atoms with Crippen LogP contribution in [-0.2, 0) is 9.59 Å². The molecule has 1 saturated heterocycles. The molecule has 1 aliphatic heterocycles. The summed E-state index contributed by atoms with van der Waals surface area (Å²) in [5.41, 5.74) is 0.731. The van der Waals surface area contributed by atoms with Crippen molar-refractivity contribution in [3.8, 4) is 0 Å². The Balaban J connectivity index is 1.93. The van der Waals surface area contributed by atoms with Gasteiger partial charge in [-0.1, -0.05) is 23.7 Å². The van der Waals surface area contributed by atoms with Crippen LogP contribution in [0.3, 0.4) is 0 Å². The molecule has 0 bridgehead atoms. The van der Waals surface area contributed by atoms with Gasteiger partial charge < -0.3 is 5.11 Å². The van der Waals surface area contributed by atoms with Crippen molar-refractivity contribution in [2.24, 2.45) is 0 Å². The lowest BCUT2D eigenvalue weighted by Gasteiger charge is -2.22. The molecule has 3 aromatic rings. The first-order valence-electron chi connectivity index (χ1n) is 8.19. The van der Waals surface area contributed by atoms with Gasteiger partial charge in [0.25, 0.3) is 5.78 Å². The molecule has 0 unspecified atom stereocenters. The summed E-state index contributed by atoms with van der Waals surface area (Å²) in [6.07, 6.45) is 1.51. The minimum atomic E-state index is -0.928. The topological polar surface area (TPSA) is 70.5 Å². The fourth-order valence-corrected chi connectivity index (χ4v) is 3.88. The molecular weight excluding hydrogens is 403 g/mol. The molecule has 4 rings (SSSR count). The number of nitrogens with zero attached hydrogens (tertiary/aromatic N) is 2. The van der Waals surface area contributed by atoms with Gasteiger partial charge in [-0.3, -0.25) is 14.5 Å². The van der Waals surface area contributed by atoms with Gasteiger partial charge in [0.2, 0.25) is 0 Å². The number of hydrogen-bond donors (Lipinski definition) is 1. The fraction of sp³-hybridized carbons (Fsp3) is 0.0500. The first-order valence-corrected chi connectivity index (χ1v) is 9.45. The van der Waals surface area contributed by atoms with Crippen LogP contribution in [0.2, 0.25) is 5.02 Å². The summed E-state index contributed by atoms with van der Waals surface area (Å²) < 4.78 is 13.4. The number of aromatic nitrogens is 1. The zero-order valence-corrected chi connectivity index (χ0v) is 15.7. The van der Waals surface area contributed by atoms with E-state index in [9.17, 15) is 19.1 Å². The van der Waals surface area contributed by atoms with Crippen molar-refractivity contribution < 1.29 is 19.1 Å². The predicted molar refractivity (Wildman–Crippen MR) is 105 cm³/mol. The van der Waals surface area contributed by atoms with Crippen molar-refractivity contribution in [3.05, 3.63) is 87.6 Å². The van der Waals surface area contributed by atoms with Gasteiger partial charge in [-0.15, -0.1) is 11.3 Å². The maximum Gasteiger partial charge on any atom is 0.301 e. The third-order valence-electron chi connectivity index (χ3n) is 4.37. The summed E-state index contributed by atoms with van der Waals surface area (Å²) >= 11 is 7.07. The van der Waals surface area contributed by atoms with Crippen LogP contribution in [0.25, 0.3) is 5.76 Å². The Morgan fingerprint density at radius 1 is 1.11 bits per heavy atom. The van der Waals surface area contributed by atoms with Crippen LogP contribution in [0.15, 0.2) is 65.7 Å². The number of hydrogen-bond acceptors (Lipinski definition) is 5. The normalized spacial score (nSPS) is 18.6. The van der Waals surface area contributed by atoms with E-state index < -0.39 is 23.5 Å². The van der Waals surface area contributed by atoms with E-state index in [4.69, 9.17) is 11.6 Å². The number of benzene rings is 2. The molecule has 1 amide bonds. The number of rotatable bonds is 3. The molecule has 0 aliphatic carbocycles. The molecule has 0 saturated carbocycles. The number of carbonyl (C=O) groups is 2. The van der Waals surface area contributed by atoms with E-state index >= 15 is 0 Å². The van der Waals surface area contributed by atoms with Gasteiger partial charge in [-0.05, 0) is 42.0 Å². The van der Waals surface area contributed by atoms with Gasteiger partial charge in [0.15, 0.2) is 5.13 Å². The molecule has 0 spiro atoms. The van der Waals surface area contributed by atoms with Gasteiger partial charge in [-0.25, -0.2) is 9.37 Å². The van der Waals surface area contributed by atoms with Gasteiger partial charge in [0, 0.05) is 22.2 Å². The molecule has 1 fully saturated rings. The molecule has 1 aromatic heterocycles. The summed E-state index contributed by atoms with van der Waals surface area (Å²) in [5, 5.41) is 13.3. The van der Waals surface area contributed by atoms with E-state index in [0.717, 1.165) is 0 Å². The molecule has 8 heteroatoms. The average molecular weight is 415 g/mol. The van der Waals surface area contributed by atoms with Crippen molar-refractivity contribution >= 4 is 45.5 Å². The van der Waals surface area contributed by atoms with Crippen molar-refractivity contribution in [1.82, 2.24) is 4.98 Å². The average Bonchev–Trinajstić information content (AvgIpc) is 3.30. The van der Waals surface area contributed by atoms with E-state index in [1.807, 2.05) is 0 Å². The summed E-state index contributed by atoms with van der Waals surface area (Å²) in [4.78, 5) is 30.9. The first-order chi connectivity index (χ1) is 13.5. The largest absolute Gasteiger partial charge is 0.507 e. The number of aliphatic hydroxyl groups excluding tert-OH is 1. The Morgan fingerprint density at radius 3 is 2.39 bits per heavy atom. The van der Waals surface area contributed by atoms with Crippen molar-refractivity contribution in [2.75, 3.05) is 4.90 Å². The van der Waals surface area contributed by atoms with E-state index in [1.54, 1.807) is 29.6 Å². The molecule has 2 aromatic carbocycles. The summed E-state index contributed by atoms with van der Waals surface area (Å²) in [5.74, 6) is -2.42. The Bertz CT molecular complexity index is 1080. The van der Waals surface area contributed by atoms with E-state index in [-0.39, 0.29) is 11.3 Å². The quantitative estimate of drug-likeness (QED) is 0.387. The lowest BCUT2D eigenvalue weighted by Crippen LogP contribution is -2.29. The number of Topliss-reactive ketones (excluding diaryl/α,β-unsaturated/α-hetero) is 1. The number of carbonyl (C=O) groups excluding carboxylic acids is 2. The van der Waals surface area contributed by atoms with Crippen molar-refractivity contribution in [2.45, 2.75) is 6.04 Å². The number of halogens is 2. The number of amides is 1. The second-order valence-corrected chi connectivity index (χ2v) is 7.35. The Hall–Kier alpha value is -3.03. The van der Waals surface area contributed by atoms with E-state index in [1.165, 1.54) is 46.7 Å². The Labute approximate surface area is 168 Å². The minimum Gasteiger partial charge on any atom is -0.507 e. The highest BCUT2D eigenvalue weighted by atomic mass is 35.5. The lowest BCUT2D eigenvalue weighted by molar-refractivity contribution is -0.132. The lowest BCUT2D eigenvalue weighted by atomic mass is 9.95.